The summed E-state index contributed by atoms with van der Waals surface area (Å²) in [6.45, 7) is 0.715. The van der Waals surface area contributed by atoms with Crippen molar-refractivity contribution in [2.24, 2.45) is 0 Å². The molecule has 2 rings (SSSR count). The van der Waals surface area contributed by atoms with E-state index in [0.717, 1.165) is 19.3 Å². The molecule has 0 spiro atoms. The third-order valence-electron chi connectivity index (χ3n) is 2.68. The molecule has 1 aliphatic rings. The molecule has 0 bridgehead atoms. The zero-order chi connectivity index (χ0) is 10.7. The molecule has 0 aromatic carbocycles. The summed E-state index contributed by atoms with van der Waals surface area (Å²) in [6.07, 6.45) is 2.87. The van der Waals surface area contributed by atoms with Crippen molar-refractivity contribution in [1.29, 1.82) is 5.26 Å². The highest BCUT2D eigenvalue weighted by Gasteiger charge is 2.27. The van der Waals surface area contributed by atoms with Gasteiger partial charge in [0.25, 0.3) is 5.91 Å². The van der Waals surface area contributed by atoms with Crippen molar-refractivity contribution < 1.29 is 4.79 Å². The first kappa shape index (κ1) is 10.2. The summed E-state index contributed by atoms with van der Waals surface area (Å²) < 4.78 is 0. The smallest absolute Gasteiger partial charge is 0.255 e. The van der Waals surface area contributed by atoms with E-state index in [4.69, 9.17) is 5.26 Å². The summed E-state index contributed by atoms with van der Waals surface area (Å²) >= 11 is 1.51. The van der Waals surface area contributed by atoms with Gasteiger partial charge in [-0.2, -0.15) is 16.6 Å². The van der Waals surface area contributed by atoms with E-state index in [1.807, 2.05) is 16.8 Å². The lowest BCUT2D eigenvalue weighted by molar-refractivity contribution is 0.0671. The fraction of sp³-hybridized carbons (Fsp3) is 0.455. The molecule has 0 radical (unpaired) electrons. The summed E-state index contributed by atoms with van der Waals surface area (Å²) in [5.74, 6) is 0.00231. The van der Waals surface area contributed by atoms with Crippen LogP contribution in [0.15, 0.2) is 16.8 Å². The van der Waals surface area contributed by atoms with Gasteiger partial charge >= 0.3 is 0 Å². The maximum absolute atomic E-state index is 12.0. The predicted molar refractivity (Wildman–Crippen MR) is 58.6 cm³/mol. The van der Waals surface area contributed by atoms with Crippen LogP contribution in [0.4, 0.5) is 0 Å². The quantitative estimate of drug-likeness (QED) is 0.728. The van der Waals surface area contributed by atoms with Gasteiger partial charge < -0.3 is 4.90 Å². The summed E-state index contributed by atoms with van der Waals surface area (Å²) in [4.78, 5) is 13.7. The lowest BCUT2D eigenvalue weighted by Crippen LogP contribution is -2.42. The molecule has 1 amide bonds. The largest absolute Gasteiger partial charge is 0.323 e. The molecule has 1 aromatic heterocycles. The van der Waals surface area contributed by atoms with Crippen molar-refractivity contribution in [3.8, 4) is 6.07 Å². The maximum Gasteiger partial charge on any atom is 0.255 e. The van der Waals surface area contributed by atoms with Crippen LogP contribution in [0.3, 0.4) is 0 Å². The van der Waals surface area contributed by atoms with Gasteiger partial charge in [-0.15, -0.1) is 0 Å². The first-order valence-electron chi connectivity index (χ1n) is 5.05. The monoisotopic (exact) mass is 220 g/mol. The second-order valence-electron chi connectivity index (χ2n) is 3.65. The second kappa shape index (κ2) is 4.45. The number of nitrogens with zero attached hydrogens (tertiary/aromatic N) is 2. The van der Waals surface area contributed by atoms with E-state index < -0.39 is 0 Å². The Morgan fingerprint density at radius 3 is 3.13 bits per heavy atom. The average Bonchev–Trinajstić information content (AvgIpc) is 2.81. The lowest BCUT2D eigenvalue weighted by atomic mass is 10.0. The number of thiophene rings is 1. The van der Waals surface area contributed by atoms with E-state index >= 15 is 0 Å². The average molecular weight is 220 g/mol. The molecule has 78 valence electrons. The number of carbonyl (C=O) groups excluding carboxylic acids is 1. The number of amides is 1. The van der Waals surface area contributed by atoms with E-state index in [1.165, 1.54) is 11.3 Å². The molecule has 1 atom stereocenters. The van der Waals surface area contributed by atoms with Crippen molar-refractivity contribution >= 4 is 17.2 Å². The van der Waals surface area contributed by atoms with E-state index in [9.17, 15) is 4.79 Å². The highest BCUT2D eigenvalue weighted by molar-refractivity contribution is 7.08. The summed E-state index contributed by atoms with van der Waals surface area (Å²) in [5.41, 5.74) is 0.710. The minimum atomic E-state index is -0.230. The van der Waals surface area contributed by atoms with Crippen LogP contribution in [0, 0.1) is 11.3 Å². The third-order valence-corrected chi connectivity index (χ3v) is 3.36. The Kier molecular flexibility index (Phi) is 3.02. The summed E-state index contributed by atoms with van der Waals surface area (Å²) in [5, 5.41) is 12.7. The van der Waals surface area contributed by atoms with E-state index in [0.29, 0.717) is 12.1 Å². The highest BCUT2D eigenvalue weighted by atomic mass is 32.1. The molecular weight excluding hydrogens is 208 g/mol. The SMILES string of the molecule is N#CC1CCCCN1C(=O)c1ccsc1. The second-order valence-corrected chi connectivity index (χ2v) is 4.43. The molecule has 0 saturated carbocycles. The van der Waals surface area contributed by atoms with E-state index in [2.05, 4.69) is 6.07 Å². The topological polar surface area (TPSA) is 44.1 Å². The van der Waals surface area contributed by atoms with Gasteiger partial charge in [0.05, 0.1) is 11.6 Å². The normalized spacial score (nSPS) is 21.0. The van der Waals surface area contributed by atoms with E-state index in [-0.39, 0.29) is 11.9 Å². The number of nitriles is 1. The summed E-state index contributed by atoms with van der Waals surface area (Å²) in [7, 11) is 0. The molecule has 4 heteroatoms. The molecule has 15 heavy (non-hydrogen) atoms. The maximum atomic E-state index is 12.0. The fourth-order valence-electron chi connectivity index (χ4n) is 1.86. The Morgan fingerprint density at radius 1 is 1.60 bits per heavy atom. The molecule has 2 heterocycles. The molecule has 3 nitrogen and oxygen atoms in total. The minimum Gasteiger partial charge on any atom is -0.323 e. The number of piperidine rings is 1. The van der Waals surface area contributed by atoms with Gasteiger partial charge in [-0.1, -0.05) is 0 Å². The molecular formula is C11H12N2OS. The number of hydrogen-bond donors (Lipinski definition) is 0. The van der Waals surface area contributed by atoms with Gasteiger partial charge in [0.2, 0.25) is 0 Å². The van der Waals surface area contributed by atoms with Crippen LogP contribution >= 0.6 is 11.3 Å². The number of hydrogen-bond acceptors (Lipinski definition) is 3. The summed E-state index contributed by atoms with van der Waals surface area (Å²) in [6, 6.07) is 3.79. The van der Waals surface area contributed by atoms with Crippen molar-refractivity contribution in [2.45, 2.75) is 25.3 Å². The number of likely N-dealkylation sites (tertiary alicyclic amines) is 1. The van der Waals surface area contributed by atoms with Gasteiger partial charge in [-0.3, -0.25) is 4.79 Å². The Labute approximate surface area is 92.9 Å². The van der Waals surface area contributed by atoms with Gasteiger partial charge in [0, 0.05) is 11.9 Å². The highest BCUT2D eigenvalue weighted by Crippen LogP contribution is 2.20. The third kappa shape index (κ3) is 2.02. The van der Waals surface area contributed by atoms with Gasteiger partial charge in [0.1, 0.15) is 6.04 Å². The van der Waals surface area contributed by atoms with Crippen LogP contribution in [0.25, 0.3) is 0 Å². The minimum absolute atomic E-state index is 0.00231. The Hall–Kier alpha value is -1.34. The van der Waals surface area contributed by atoms with Crippen LogP contribution in [0.5, 0.6) is 0 Å². The lowest BCUT2D eigenvalue weighted by Gasteiger charge is -2.31. The molecule has 1 aliphatic heterocycles. The van der Waals surface area contributed by atoms with Gasteiger partial charge in [-0.25, -0.2) is 0 Å². The van der Waals surface area contributed by atoms with Crippen molar-refractivity contribution in [3.63, 3.8) is 0 Å². The Balaban J connectivity index is 2.15. The zero-order valence-electron chi connectivity index (χ0n) is 8.35. The predicted octanol–water partition coefficient (Wildman–Crippen LogP) is 2.27. The van der Waals surface area contributed by atoms with Crippen LogP contribution in [0.1, 0.15) is 29.6 Å². The molecule has 1 saturated heterocycles. The van der Waals surface area contributed by atoms with Crippen LogP contribution in [-0.4, -0.2) is 23.4 Å². The number of carbonyl (C=O) groups is 1. The molecule has 1 aromatic rings. The molecule has 1 unspecified atom stereocenters. The van der Waals surface area contributed by atoms with Crippen molar-refractivity contribution in [1.82, 2.24) is 4.90 Å². The van der Waals surface area contributed by atoms with Crippen LogP contribution < -0.4 is 0 Å². The standard InChI is InChI=1S/C11H12N2OS/c12-7-10-3-1-2-5-13(10)11(14)9-4-6-15-8-9/h4,6,8,10H,1-3,5H2. The molecule has 0 aliphatic carbocycles. The van der Waals surface area contributed by atoms with Gasteiger partial charge in [-0.05, 0) is 30.7 Å². The first-order valence-corrected chi connectivity index (χ1v) is 6.00. The van der Waals surface area contributed by atoms with Crippen molar-refractivity contribution in [2.75, 3.05) is 6.54 Å². The van der Waals surface area contributed by atoms with Crippen LogP contribution in [0.2, 0.25) is 0 Å². The van der Waals surface area contributed by atoms with E-state index in [1.54, 1.807) is 4.90 Å². The van der Waals surface area contributed by atoms with Crippen LogP contribution in [-0.2, 0) is 0 Å². The zero-order valence-corrected chi connectivity index (χ0v) is 9.17. The fourth-order valence-corrected chi connectivity index (χ4v) is 2.49. The molecule has 1 fully saturated rings. The Bertz CT molecular complexity index is 380. The molecule has 0 N–H and O–H groups in total. The van der Waals surface area contributed by atoms with Gasteiger partial charge in [0.15, 0.2) is 0 Å². The first-order chi connectivity index (χ1) is 7.33. The number of rotatable bonds is 1. The Morgan fingerprint density at radius 2 is 2.47 bits per heavy atom. The van der Waals surface area contributed by atoms with Crippen molar-refractivity contribution in [3.05, 3.63) is 22.4 Å².